The molecule has 7 heteroatoms. The fraction of sp³-hybridized carbons (Fsp3) is 0.292. The molecule has 2 aromatic carbocycles. The van der Waals surface area contributed by atoms with E-state index in [9.17, 15) is 0 Å². The van der Waals surface area contributed by atoms with Gasteiger partial charge >= 0.3 is 0 Å². The molecule has 0 amide bonds. The minimum absolute atomic E-state index is 0.598. The number of pyridine rings is 1. The van der Waals surface area contributed by atoms with Crippen molar-refractivity contribution in [1.29, 1.82) is 0 Å². The first-order valence-electron chi connectivity index (χ1n) is 10.6. The Balaban J connectivity index is 1.37. The second kappa shape index (κ2) is 8.55. The number of aryl methyl sites for hydroxylation is 1. The van der Waals surface area contributed by atoms with Crippen LogP contribution in [0.2, 0.25) is 5.02 Å². The van der Waals surface area contributed by atoms with Crippen molar-refractivity contribution in [3.63, 3.8) is 0 Å². The Morgan fingerprint density at radius 2 is 1.94 bits per heavy atom. The average molecular weight is 434 g/mol. The predicted molar refractivity (Wildman–Crippen MR) is 123 cm³/mol. The molecule has 0 aliphatic heterocycles. The number of aromatic nitrogens is 4. The van der Waals surface area contributed by atoms with Gasteiger partial charge in [0, 0.05) is 21.8 Å². The Morgan fingerprint density at radius 1 is 1.10 bits per heavy atom. The van der Waals surface area contributed by atoms with Crippen LogP contribution in [0.3, 0.4) is 0 Å². The van der Waals surface area contributed by atoms with Crippen molar-refractivity contribution in [3.8, 4) is 5.75 Å². The van der Waals surface area contributed by atoms with Crippen LogP contribution in [0.25, 0.3) is 10.9 Å². The van der Waals surface area contributed by atoms with Crippen LogP contribution >= 0.6 is 11.6 Å². The quantitative estimate of drug-likeness (QED) is 0.462. The number of nitrogens with one attached hydrogen (secondary N) is 1. The SMILES string of the molecule is COc1ccc(Cn2cc(CNc3c4c(nc5ccc(Cl)cc35)CCCC4)nn2)cc1. The van der Waals surface area contributed by atoms with Gasteiger partial charge in [-0.15, -0.1) is 5.10 Å². The molecule has 1 aliphatic carbocycles. The summed E-state index contributed by atoms with van der Waals surface area (Å²) in [5.41, 5.74) is 6.67. The lowest BCUT2D eigenvalue weighted by molar-refractivity contribution is 0.414. The van der Waals surface area contributed by atoms with E-state index in [1.165, 1.54) is 24.1 Å². The molecule has 4 aromatic rings. The van der Waals surface area contributed by atoms with Gasteiger partial charge in [-0.3, -0.25) is 4.98 Å². The summed E-state index contributed by atoms with van der Waals surface area (Å²) in [4.78, 5) is 4.90. The van der Waals surface area contributed by atoms with Crippen molar-refractivity contribution >= 4 is 28.2 Å². The van der Waals surface area contributed by atoms with Crippen LogP contribution in [-0.2, 0) is 25.9 Å². The second-order valence-corrected chi connectivity index (χ2v) is 8.33. The summed E-state index contributed by atoms with van der Waals surface area (Å²) in [6, 6.07) is 13.9. The molecule has 6 nitrogen and oxygen atoms in total. The molecule has 0 unspecified atom stereocenters. The maximum Gasteiger partial charge on any atom is 0.118 e. The molecule has 2 aromatic heterocycles. The minimum Gasteiger partial charge on any atom is -0.497 e. The van der Waals surface area contributed by atoms with Crippen molar-refractivity contribution in [2.45, 2.75) is 38.8 Å². The minimum atomic E-state index is 0.598. The first-order valence-corrected chi connectivity index (χ1v) is 10.9. The van der Waals surface area contributed by atoms with Gasteiger partial charge in [0.1, 0.15) is 11.4 Å². The third kappa shape index (κ3) is 4.21. The number of anilines is 1. The standard InChI is InChI=1S/C24H24ClN5O/c1-31-19-9-6-16(7-10-19)14-30-15-18(28-29-30)13-26-24-20-4-2-3-5-22(20)27-23-11-8-17(25)12-21(23)24/h6-12,15H,2-5,13-14H2,1H3,(H,26,27). The van der Waals surface area contributed by atoms with Gasteiger partial charge in [0.15, 0.2) is 0 Å². The fourth-order valence-corrected chi connectivity index (χ4v) is 4.36. The highest BCUT2D eigenvalue weighted by atomic mass is 35.5. The molecule has 158 valence electrons. The molecule has 0 saturated heterocycles. The highest BCUT2D eigenvalue weighted by Crippen LogP contribution is 2.34. The smallest absolute Gasteiger partial charge is 0.118 e. The lowest BCUT2D eigenvalue weighted by atomic mass is 9.92. The molecule has 0 spiro atoms. The number of rotatable bonds is 6. The van der Waals surface area contributed by atoms with E-state index < -0.39 is 0 Å². The normalized spacial score (nSPS) is 13.2. The first-order chi connectivity index (χ1) is 15.2. The molecule has 5 rings (SSSR count). The summed E-state index contributed by atoms with van der Waals surface area (Å²) < 4.78 is 7.08. The van der Waals surface area contributed by atoms with E-state index in [0.717, 1.165) is 51.5 Å². The topological polar surface area (TPSA) is 64.9 Å². The van der Waals surface area contributed by atoms with E-state index in [4.69, 9.17) is 21.3 Å². The van der Waals surface area contributed by atoms with E-state index in [0.29, 0.717) is 13.1 Å². The predicted octanol–water partition coefficient (Wildman–Crippen LogP) is 5.03. The Labute approximate surface area is 186 Å². The van der Waals surface area contributed by atoms with Crippen molar-refractivity contribution in [2.24, 2.45) is 0 Å². The van der Waals surface area contributed by atoms with Crippen LogP contribution in [0.5, 0.6) is 5.75 Å². The molecule has 1 aliphatic rings. The van der Waals surface area contributed by atoms with Crippen LogP contribution < -0.4 is 10.1 Å². The summed E-state index contributed by atoms with van der Waals surface area (Å²) in [7, 11) is 1.67. The summed E-state index contributed by atoms with van der Waals surface area (Å²) >= 11 is 6.30. The average Bonchev–Trinajstić information content (AvgIpc) is 3.24. The van der Waals surface area contributed by atoms with Crippen LogP contribution in [-0.4, -0.2) is 27.1 Å². The first kappa shape index (κ1) is 19.8. The number of methoxy groups -OCH3 is 1. The van der Waals surface area contributed by atoms with Gasteiger partial charge in [0.05, 0.1) is 31.9 Å². The van der Waals surface area contributed by atoms with E-state index in [-0.39, 0.29) is 0 Å². The maximum absolute atomic E-state index is 6.30. The largest absolute Gasteiger partial charge is 0.497 e. The third-order valence-electron chi connectivity index (χ3n) is 5.76. The number of ether oxygens (including phenoxy) is 1. The van der Waals surface area contributed by atoms with Crippen molar-refractivity contribution in [1.82, 2.24) is 20.0 Å². The van der Waals surface area contributed by atoms with Gasteiger partial charge in [-0.2, -0.15) is 0 Å². The van der Waals surface area contributed by atoms with Crippen LogP contribution in [0.4, 0.5) is 5.69 Å². The van der Waals surface area contributed by atoms with Crippen molar-refractivity contribution in [3.05, 3.63) is 76.2 Å². The number of fused-ring (bicyclic) bond motifs is 2. The Hall–Kier alpha value is -3.12. The molecule has 1 N–H and O–H groups in total. The van der Waals surface area contributed by atoms with E-state index >= 15 is 0 Å². The van der Waals surface area contributed by atoms with Gasteiger partial charge in [-0.25, -0.2) is 4.68 Å². The van der Waals surface area contributed by atoms with Crippen molar-refractivity contribution < 1.29 is 4.74 Å². The number of hydrogen-bond acceptors (Lipinski definition) is 5. The molecule has 0 saturated carbocycles. The van der Waals surface area contributed by atoms with Gasteiger partial charge < -0.3 is 10.1 Å². The van der Waals surface area contributed by atoms with Crippen LogP contribution in [0, 0.1) is 0 Å². The van der Waals surface area contributed by atoms with Crippen molar-refractivity contribution in [2.75, 3.05) is 12.4 Å². The molecule has 0 bridgehead atoms. The van der Waals surface area contributed by atoms with E-state index in [2.05, 4.69) is 15.6 Å². The summed E-state index contributed by atoms with van der Waals surface area (Å²) in [6.45, 7) is 1.26. The summed E-state index contributed by atoms with van der Waals surface area (Å²) in [5.74, 6) is 0.847. The lowest BCUT2D eigenvalue weighted by Crippen LogP contribution is -2.11. The van der Waals surface area contributed by atoms with Gasteiger partial charge in [0.25, 0.3) is 0 Å². The van der Waals surface area contributed by atoms with Gasteiger partial charge in [-0.1, -0.05) is 28.9 Å². The van der Waals surface area contributed by atoms with Gasteiger partial charge in [-0.05, 0) is 67.1 Å². The zero-order valence-electron chi connectivity index (χ0n) is 17.4. The third-order valence-corrected chi connectivity index (χ3v) is 5.99. The highest BCUT2D eigenvalue weighted by Gasteiger charge is 2.18. The van der Waals surface area contributed by atoms with E-state index in [1.807, 2.05) is 53.3 Å². The summed E-state index contributed by atoms with van der Waals surface area (Å²) in [6.07, 6.45) is 6.43. The zero-order valence-corrected chi connectivity index (χ0v) is 18.2. The molecule has 0 radical (unpaired) electrons. The zero-order chi connectivity index (χ0) is 21.2. The number of benzene rings is 2. The Morgan fingerprint density at radius 3 is 2.77 bits per heavy atom. The monoisotopic (exact) mass is 433 g/mol. The molecule has 0 fully saturated rings. The highest BCUT2D eigenvalue weighted by molar-refractivity contribution is 6.31. The van der Waals surface area contributed by atoms with E-state index in [1.54, 1.807) is 7.11 Å². The number of nitrogens with zero attached hydrogens (tertiary/aromatic N) is 4. The molecular formula is C24H24ClN5O. The molecular weight excluding hydrogens is 410 g/mol. The Kier molecular flexibility index (Phi) is 5.47. The Bertz CT molecular complexity index is 1220. The maximum atomic E-state index is 6.30. The fourth-order valence-electron chi connectivity index (χ4n) is 4.19. The van der Waals surface area contributed by atoms with Gasteiger partial charge in [0.2, 0.25) is 0 Å². The molecule has 31 heavy (non-hydrogen) atoms. The number of halogens is 1. The summed E-state index contributed by atoms with van der Waals surface area (Å²) in [5, 5.41) is 14.1. The van der Waals surface area contributed by atoms with Crippen LogP contribution in [0.15, 0.2) is 48.7 Å². The second-order valence-electron chi connectivity index (χ2n) is 7.89. The lowest BCUT2D eigenvalue weighted by Gasteiger charge is -2.21. The van der Waals surface area contributed by atoms with Crippen LogP contribution in [0.1, 0.15) is 35.4 Å². The molecule has 0 atom stereocenters. The molecule has 2 heterocycles. The number of hydrogen-bond donors (Lipinski definition) is 1.